The predicted octanol–water partition coefficient (Wildman–Crippen LogP) is 5.16. The number of anilines is 4. The Morgan fingerprint density at radius 3 is 0.989 bits per heavy atom. The minimum atomic E-state index is -1.17. The number of methoxy groups -OCH3 is 4. The van der Waals surface area contributed by atoms with Crippen LogP contribution < -0.4 is 90.2 Å². The van der Waals surface area contributed by atoms with Gasteiger partial charge in [0, 0.05) is 39.8 Å². The maximum Gasteiger partial charge on any atom is 0.255 e. The van der Waals surface area contributed by atoms with Crippen LogP contribution >= 0.6 is 0 Å². The molecule has 0 aliphatic carbocycles. The molecule has 27 nitrogen and oxygen atoms in total. The summed E-state index contributed by atoms with van der Waals surface area (Å²) in [4.78, 5) is 128. The van der Waals surface area contributed by atoms with Gasteiger partial charge in [-0.25, -0.2) is 0 Å². The highest BCUT2D eigenvalue weighted by atomic mass is 16.5. The second-order valence-corrected chi connectivity index (χ2v) is 21.8. The average molecular weight is 1280 g/mol. The first-order valence-electron chi connectivity index (χ1n) is 30.8. The summed E-state index contributed by atoms with van der Waals surface area (Å²) in [7, 11) is 5.43. The molecule has 0 unspecified atom stereocenters. The van der Waals surface area contributed by atoms with Gasteiger partial charge < -0.3 is 95.1 Å². The number of nitrogens with two attached hydrogens (primary N) is 5. The normalized spacial score (nSPS) is 12.2. The number of amides is 9. The molecule has 0 fully saturated rings. The molecule has 0 bridgehead atoms. The third kappa shape index (κ3) is 20.7. The van der Waals surface area contributed by atoms with Crippen LogP contribution in [0.2, 0.25) is 0 Å². The Morgan fingerprint density at radius 2 is 0.667 bits per heavy atom. The number of hydrogen-bond donors (Lipinski definition) is 14. The summed E-state index contributed by atoms with van der Waals surface area (Å²) in [6, 6.07) is 20.3. The molecule has 4 atom stereocenters. The topological polar surface area (TPSA) is 433 Å². The van der Waals surface area contributed by atoms with Gasteiger partial charge in [-0.15, -0.1) is 0 Å². The van der Waals surface area contributed by atoms with Crippen LogP contribution in [0.4, 0.5) is 22.7 Å². The molecule has 6 aromatic rings. The zero-order chi connectivity index (χ0) is 67.4. The molecule has 0 spiro atoms. The van der Waals surface area contributed by atoms with Crippen molar-refractivity contribution in [2.75, 3.05) is 75.9 Å². The van der Waals surface area contributed by atoms with Crippen LogP contribution in [-0.2, 0) is 19.2 Å². The maximum atomic E-state index is 14.4. The molecule has 27 heteroatoms. The molecule has 1 aromatic heterocycles. The van der Waals surface area contributed by atoms with E-state index in [-0.39, 0.29) is 93.7 Å². The Hall–Kier alpha value is -10.1. The molecule has 498 valence electrons. The number of para-hydroxylation sites is 1. The van der Waals surface area contributed by atoms with E-state index >= 15 is 0 Å². The molecular formula is C66H86N14O13. The van der Waals surface area contributed by atoms with Crippen LogP contribution in [0.15, 0.2) is 103 Å². The van der Waals surface area contributed by atoms with Gasteiger partial charge in [0.25, 0.3) is 29.5 Å². The number of hydrogen-bond acceptors (Lipinski definition) is 17. The van der Waals surface area contributed by atoms with Gasteiger partial charge >= 0.3 is 0 Å². The molecule has 0 aliphatic heterocycles. The van der Waals surface area contributed by atoms with Crippen molar-refractivity contribution in [1.29, 1.82) is 0 Å². The lowest BCUT2D eigenvalue weighted by atomic mass is 10.0. The fourth-order valence-corrected chi connectivity index (χ4v) is 10.2. The van der Waals surface area contributed by atoms with E-state index in [1.165, 1.54) is 101 Å². The van der Waals surface area contributed by atoms with Crippen molar-refractivity contribution >= 4 is 86.8 Å². The molecule has 0 saturated carbocycles. The summed E-state index contributed by atoms with van der Waals surface area (Å²) in [5, 5.41) is 23.1. The molecular weight excluding hydrogens is 1200 g/mol. The zero-order valence-electron chi connectivity index (χ0n) is 52.8. The first-order valence-corrected chi connectivity index (χ1v) is 30.8. The smallest absolute Gasteiger partial charge is 0.255 e. The molecule has 0 radical (unpaired) electrons. The fraction of sp³-hybridized carbons (Fsp3) is 0.379. The number of rotatable bonds is 38. The van der Waals surface area contributed by atoms with Gasteiger partial charge in [-0.2, -0.15) is 0 Å². The van der Waals surface area contributed by atoms with Crippen LogP contribution in [0, 0.1) is 0 Å². The number of primary amides is 1. The first-order chi connectivity index (χ1) is 44.9. The van der Waals surface area contributed by atoms with Crippen LogP contribution in [0.5, 0.6) is 23.0 Å². The standard InChI is InChI=1S/C66H86N14O13/c1-90-54-26-22-39(34-44(54)58(71)81)73-64(87)51(19-9-13-31-68)78-60(83)46-35-40(23-27-56(46)92-3)74-63(86)50(18-6-5-12-30-67)77-59(82)45-36-41(24-28-55(45)91-2)75-65(88)52(20-10-14-32-69)79-61(84)47-37-42(25-29-57(47)93-4)76-66(89)53(21-11-15-33-70)80-62(85)48-38-72-49-17-8-7-16-43(48)49/h7-8,16-17,22-29,34-38,50-53,72H,5-6,9-15,18-21,30-33,67-70H2,1-4H3,(H2,71,81)(H,73,87)(H,74,86)(H,75,88)(H,76,89)(H,77,82)(H,78,83)(H,79,84)(H,80,85)/t50-,51-,52-,53-/m0/s1. The average Bonchev–Trinajstić information content (AvgIpc) is 1.84. The Balaban J connectivity index is 1.18. The second-order valence-electron chi connectivity index (χ2n) is 21.8. The van der Waals surface area contributed by atoms with E-state index in [1.54, 1.807) is 12.3 Å². The predicted molar refractivity (Wildman–Crippen MR) is 355 cm³/mol. The Kier molecular flexibility index (Phi) is 28.4. The molecule has 9 amide bonds. The number of aromatic amines is 1. The summed E-state index contributed by atoms with van der Waals surface area (Å²) in [5.74, 6) is -5.35. The number of H-pyrrole nitrogens is 1. The van der Waals surface area contributed by atoms with Gasteiger partial charge in [-0.1, -0.05) is 31.0 Å². The van der Waals surface area contributed by atoms with Crippen molar-refractivity contribution in [3.8, 4) is 23.0 Å². The van der Waals surface area contributed by atoms with Crippen molar-refractivity contribution in [2.45, 2.75) is 108 Å². The SMILES string of the molecule is COc1ccc(NC(=O)[C@H](CCCCN)NC(=O)c2cc(NC(=O)[C@H](CCCCCN)NC(=O)c3cc(NC(=O)[C@H](CCCCN)NC(=O)c4cc(NC(=O)[C@H](CCCCN)NC(=O)c5c[nH]c6ccccc56)ccc4OC)ccc3OC)ccc2OC)cc1C(N)=O. The van der Waals surface area contributed by atoms with Gasteiger partial charge in [0.15, 0.2) is 0 Å². The Bertz CT molecular complexity index is 3580. The highest BCUT2D eigenvalue weighted by Crippen LogP contribution is 2.29. The van der Waals surface area contributed by atoms with Gasteiger partial charge in [-0.3, -0.25) is 43.2 Å². The minimum Gasteiger partial charge on any atom is -0.496 e. The number of carbonyl (C=O) groups is 9. The van der Waals surface area contributed by atoms with E-state index < -0.39 is 77.3 Å². The first kappa shape index (κ1) is 72.0. The van der Waals surface area contributed by atoms with Crippen molar-refractivity contribution in [1.82, 2.24) is 26.3 Å². The van der Waals surface area contributed by atoms with E-state index in [0.717, 1.165) is 5.52 Å². The van der Waals surface area contributed by atoms with E-state index in [2.05, 4.69) is 47.5 Å². The molecule has 1 heterocycles. The highest BCUT2D eigenvalue weighted by molar-refractivity contribution is 6.10. The highest BCUT2D eigenvalue weighted by Gasteiger charge is 2.30. The maximum absolute atomic E-state index is 14.4. The number of unbranched alkanes of at least 4 members (excludes halogenated alkanes) is 5. The van der Waals surface area contributed by atoms with Crippen LogP contribution in [-0.4, -0.2) is 137 Å². The van der Waals surface area contributed by atoms with Gasteiger partial charge in [-0.05, 0) is 176 Å². The zero-order valence-corrected chi connectivity index (χ0v) is 52.8. The number of carbonyl (C=O) groups excluding carboxylic acids is 9. The molecule has 19 N–H and O–H groups in total. The summed E-state index contributed by atoms with van der Waals surface area (Å²) in [5.41, 5.74) is 30.4. The summed E-state index contributed by atoms with van der Waals surface area (Å²) in [6.07, 6.45) is 7.17. The van der Waals surface area contributed by atoms with Crippen molar-refractivity contribution in [3.05, 3.63) is 131 Å². The van der Waals surface area contributed by atoms with Gasteiger partial charge in [0.2, 0.25) is 23.6 Å². The lowest BCUT2D eigenvalue weighted by Gasteiger charge is -2.22. The van der Waals surface area contributed by atoms with Crippen LogP contribution in [0.1, 0.15) is 135 Å². The van der Waals surface area contributed by atoms with E-state index in [0.29, 0.717) is 94.9 Å². The second kappa shape index (κ2) is 36.7. The number of aromatic nitrogens is 1. The Morgan fingerprint density at radius 1 is 0.376 bits per heavy atom. The summed E-state index contributed by atoms with van der Waals surface area (Å²) in [6.45, 7) is 1.43. The monoisotopic (exact) mass is 1280 g/mol. The largest absolute Gasteiger partial charge is 0.496 e. The third-order valence-electron chi connectivity index (χ3n) is 15.2. The van der Waals surface area contributed by atoms with Crippen molar-refractivity contribution < 1.29 is 62.1 Å². The van der Waals surface area contributed by atoms with Crippen LogP contribution in [0.25, 0.3) is 10.9 Å². The lowest BCUT2D eigenvalue weighted by molar-refractivity contribution is -0.118. The Labute approximate surface area is 539 Å². The molecule has 6 rings (SSSR count). The van der Waals surface area contributed by atoms with Gasteiger partial charge in [0.1, 0.15) is 47.2 Å². The minimum absolute atomic E-state index is 0.0209. The van der Waals surface area contributed by atoms with E-state index in [9.17, 15) is 43.2 Å². The number of fused-ring (bicyclic) bond motifs is 1. The molecule has 0 saturated heterocycles. The summed E-state index contributed by atoms with van der Waals surface area (Å²) < 4.78 is 21.9. The van der Waals surface area contributed by atoms with Crippen molar-refractivity contribution in [2.24, 2.45) is 28.7 Å². The number of benzene rings is 5. The van der Waals surface area contributed by atoms with E-state index in [1.807, 2.05) is 18.2 Å². The molecule has 0 aliphatic rings. The van der Waals surface area contributed by atoms with Crippen LogP contribution in [0.3, 0.4) is 0 Å². The quantitative estimate of drug-likeness (QED) is 0.0223. The number of ether oxygens (including phenoxy) is 4. The number of nitrogens with one attached hydrogen (secondary N) is 9. The lowest BCUT2D eigenvalue weighted by Crippen LogP contribution is -2.44. The van der Waals surface area contributed by atoms with Gasteiger partial charge in [0.05, 0.1) is 56.3 Å². The fourth-order valence-electron chi connectivity index (χ4n) is 10.2. The van der Waals surface area contributed by atoms with E-state index in [4.69, 9.17) is 47.6 Å². The molecule has 93 heavy (non-hydrogen) atoms. The summed E-state index contributed by atoms with van der Waals surface area (Å²) >= 11 is 0. The third-order valence-corrected chi connectivity index (χ3v) is 15.2. The molecule has 5 aromatic carbocycles. The van der Waals surface area contributed by atoms with Crippen molar-refractivity contribution in [3.63, 3.8) is 0 Å².